The topological polar surface area (TPSA) is 9.23 Å². The zero-order valence-corrected chi connectivity index (χ0v) is 11.4. The van der Waals surface area contributed by atoms with Gasteiger partial charge >= 0.3 is 0 Å². The van der Waals surface area contributed by atoms with Crippen molar-refractivity contribution in [2.45, 2.75) is 18.7 Å². The van der Waals surface area contributed by atoms with Gasteiger partial charge in [0, 0.05) is 10.9 Å². The van der Waals surface area contributed by atoms with Gasteiger partial charge in [0.15, 0.2) is 0 Å². The molecule has 0 N–H and O–H groups in total. The largest absolute Gasteiger partial charge is 0.457 e. The van der Waals surface area contributed by atoms with Gasteiger partial charge in [-0.2, -0.15) is 0 Å². The SMILES string of the molecule is CCc1cccc(Oc2ccccc2CBr)c1. The summed E-state index contributed by atoms with van der Waals surface area (Å²) in [4.78, 5) is 0. The quantitative estimate of drug-likeness (QED) is 0.725. The van der Waals surface area contributed by atoms with Crippen LogP contribution in [0.1, 0.15) is 18.1 Å². The molecule has 0 spiro atoms. The van der Waals surface area contributed by atoms with E-state index >= 15 is 0 Å². The third-order valence-corrected chi connectivity index (χ3v) is 3.26. The van der Waals surface area contributed by atoms with Crippen LogP contribution in [0.2, 0.25) is 0 Å². The molecule has 0 amide bonds. The Morgan fingerprint density at radius 2 is 1.88 bits per heavy atom. The minimum Gasteiger partial charge on any atom is -0.457 e. The highest BCUT2D eigenvalue weighted by Crippen LogP contribution is 2.27. The van der Waals surface area contributed by atoms with Gasteiger partial charge in [-0.25, -0.2) is 0 Å². The average molecular weight is 291 g/mol. The van der Waals surface area contributed by atoms with E-state index in [4.69, 9.17) is 4.74 Å². The van der Waals surface area contributed by atoms with Crippen molar-refractivity contribution in [1.29, 1.82) is 0 Å². The first-order valence-electron chi connectivity index (χ1n) is 5.74. The lowest BCUT2D eigenvalue weighted by Gasteiger charge is -2.10. The van der Waals surface area contributed by atoms with Gasteiger partial charge in [-0.1, -0.05) is 53.2 Å². The predicted molar refractivity (Wildman–Crippen MR) is 75.0 cm³/mol. The Kier molecular flexibility index (Phi) is 4.21. The zero-order chi connectivity index (χ0) is 12.1. The van der Waals surface area contributed by atoms with Crippen molar-refractivity contribution in [1.82, 2.24) is 0 Å². The Morgan fingerprint density at radius 1 is 1.06 bits per heavy atom. The Bertz CT molecular complexity index is 494. The molecule has 2 aromatic rings. The maximum Gasteiger partial charge on any atom is 0.131 e. The van der Waals surface area contributed by atoms with E-state index in [2.05, 4.69) is 41.1 Å². The summed E-state index contributed by atoms with van der Waals surface area (Å²) in [6, 6.07) is 16.3. The minimum atomic E-state index is 0.802. The zero-order valence-electron chi connectivity index (χ0n) is 9.82. The molecule has 0 saturated heterocycles. The molecule has 0 bridgehead atoms. The van der Waals surface area contributed by atoms with Crippen molar-refractivity contribution in [3.63, 3.8) is 0 Å². The first kappa shape index (κ1) is 12.2. The van der Waals surface area contributed by atoms with Crippen molar-refractivity contribution >= 4 is 15.9 Å². The number of hydrogen-bond acceptors (Lipinski definition) is 1. The number of hydrogen-bond donors (Lipinski definition) is 0. The summed E-state index contributed by atoms with van der Waals surface area (Å²) in [6.07, 6.45) is 1.03. The summed E-state index contributed by atoms with van der Waals surface area (Å²) >= 11 is 3.47. The number of alkyl halides is 1. The molecule has 0 atom stereocenters. The van der Waals surface area contributed by atoms with E-state index in [1.807, 2.05) is 30.3 Å². The fourth-order valence-corrected chi connectivity index (χ4v) is 2.13. The number of halogens is 1. The maximum absolute atomic E-state index is 5.91. The lowest BCUT2D eigenvalue weighted by atomic mass is 10.1. The fraction of sp³-hybridized carbons (Fsp3) is 0.200. The van der Waals surface area contributed by atoms with E-state index in [9.17, 15) is 0 Å². The number of rotatable bonds is 4. The van der Waals surface area contributed by atoms with Crippen LogP contribution in [0.5, 0.6) is 11.5 Å². The maximum atomic E-state index is 5.91. The number of aryl methyl sites for hydroxylation is 1. The lowest BCUT2D eigenvalue weighted by molar-refractivity contribution is 0.478. The van der Waals surface area contributed by atoms with Crippen LogP contribution in [-0.4, -0.2) is 0 Å². The van der Waals surface area contributed by atoms with Gasteiger partial charge in [0.1, 0.15) is 11.5 Å². The molecule has 2 aromatic carbocycles. The van der Waals surface area contributed by atoms with Gasteiger partial charge in [-0.3, -0.25) is 0 Å². The van der Waals surface area contributed by atoms with Crippen LogP contribution in [0.25, 0.3) is 0 Å². The molecule has 1 nitrogen and oxygen atoms in total. The molecule has 0 aliphatic rings. The molecule has 2 heteroatoms. The Labute approximate surface area is 111 Å². The lowest BCUT2D eigenvalue weighted by Crippen LogP contribution is -1.90. The van der Waals surface area contributed by atoms with Crippen LogP contribution >= 0.6 is 15.9 Å². The third-order valence-electron chi connectivity index (χ3n) is 2.65. The molecule has 0 aromatic heterocycles. The molecule has 2 rings (SSSR count). The third kappa shape index (κ3) is 3.10. The first-order valence-corrected chi connectivity index (χ1v) is 6.86. The summed E-state index contributed by atoms with van der Waals surface area (Å²) in [5.41, 5.74) is 2.45. The Hall–Kier alpha value is -1.28. The molecule has 0 fully saturated rings. The van der Waals surface area contributed by atoms with Crippen molar-refractivity contribution in [3.8, 4) is 11.5 Å². The monoisotopic (exact) mass is 290 g/mol. The summed E-state index contributed by atoms with van der Waals surface area (Å²) in [6.45, 7) is 2.14. The Morgan fingerprint density at radius 3 is 2.65 bits per heavy atom. The van der Waals surface area contributed by atoms with Crippen molar-refractivity contribution in [2.24, 2.45) is 0 Å². The molecular formula is C15H15BrO. The Balaban J connectivity index is 2.24. The summed E-state index contributed by atoms with van der Waals surface area (Å²) in [5, 5.41) is 0.802. The molecule has 0 heterocycles. The molecule has 0 aliphatic carbocycles. The van der Waals surface area contributed by atoms with E-state index in [0.717, 1.165) is 28.8 Å². The molecule has 17 heavy (non-hydrogen) atoms. The van der Waals surface area contributed by atoms with E-state index < -0.39 is 0 Å². The second-order valence-electron chi connectivity index (χ2n) is 3.84. The fourth-order valence-electron chi connectivity index (χ4n) is 1.67. The van der Waals surface area contributed by atoms with Crippen LogP contribution in [0.15, 0.2) is 48.5 Å². The first-order chi connectivity index (χ1) is 8.33. The molecule has 0 aliphatic heterocycles. The van der Waals surface area contributed by atoms with Crippen LogP contribution in [0, 0.1) is 0 Å². The van der Waals surface area contributed by atoms with Crippen molar-refractivity contribution < 1.29 is 4.74 Å². The van der Waals surface area contributed by atoms with Crippen LogP contribution in [0.4, 0.5) is 0 Å². The van der Waals surface area contributed by atoms with Gasteiger partial charge in [0.2, 0.25) is 0 Å². The average Bonchev–Trinajstić information content (AvgIpc) is 2.39. The highest BCUT2D eigenvalue weighted by Gasteiger charge is 2.03. The van der Waals surface area contributed by atoms with Crippen LogP contribution in [-0.2, 0) is 11.8 Å². The van der Waals surface area contributed by atoms with Crippen molar-refractivity contribution in [2.75, 3.05) is 0 Å². The highest BCUT2D eigenvalue weighted by molar-refractivity contribution is 9.08. The second-order valence-corrected chi connectivity index (χ2v) is 4.41. The normalized spacial score (nSPS) is 10.2. The van der Waals surface area contributed by atoms with E-state index in [1.165, 1.54) is 5.56 Å². The standard InChI is InChI=1S/C15H15BrO/c1-2-12-6-5-8-14(10-12)17-15-9-4-3-7-13(15)11-16/h3-10H,2,11H2,1H3. The van der Waals surface area contributed by atoms with Gasteiger partial charge in [-0.15, -0.1) is 0 Å². The molecule has 0 radical (unpaired) electrons. The molecule has 0 saturated carbocycles. The van der Waals surface area contributed by atoms with Crippen LogP contribution < -0.4 is 4.74 Å². The summed E-state index contributed by atoms with van der Waals surface area (Å²) < 4.78 is 5.91. The molecule has 88 valence electrons. The van der Waals surface area contributed by atoms with Gasteiger partial charge in [-0.05, 0) is 30.2 Å². The summed E-state index contributed by atoms with van der Waals surface area (Å²) in [5.74, 6) is 1.82. The second kappa shape index (κ2) is 5.87. The van der Waals surface area contributed by atoms with Gasteiger partial charge in [0.05, 0.1) is 0 Å². The number of benzene rings is 2. The highest BCUT2D eigenvalue weighted by atomic mass is 79.9. The number of ether oxygens (including phenoxy) is 1. The van der Waals surface area contributed by atoms with E-state index in [0.29, 0.717) is 0 Å². The van der Waals surface area contributed by atoms with Gasteiger partial charge < -0.3 is 4.74 Å². The number of para-hydroxylation sites is 1. The smallest absolute Gasteiger partial charge is 0.131 e. The van der Waals surface area contributed by atoms with E-state index in [-0.39, 0.29) is 0 Å². The summed E-state index contributed by atoms with van der Waals surface area (Å²) in [7, 11) is 0. The van der Waals surface area contributed by atoms with Gasteiger partial charge in [0.25, 0.3) is 0 Å². The molecule has 0 unspecified atom stereocenters. The minimum absolute atomic E-state index is 0.802. The van der Waals surface area contributed by atoms with Crippen LogP contribution in [0.3, 0.4) is 0 Å². The molecular weight excluding hydrogens is 276 g/mol. The predicted octanol–water partition coefficient (Wildman–Crippen LogP) is 4.94. The van der Waals surface area contributed by atoms with Crippen molar-refractivity contribution in [3.05, 3.63) is 59.7 Å². The van der Waals surface area contributed by atoms with E-state index in [1.54, 1.807) is 0 Å².